The van der Waals surface area contributed by atoms with Crippen LogP contribution >= 0.6 is 0 Å². The third-order valence-corrected chi connectivity index (χ3v) is 9.63. The number of hydrogen-bond acceptors (Lipinski definition) is 2. The smallest absolute Gasteiger partial charge is 0.195 e. The molecule has 7 aromatic carbocycles. The third kappa shape index (κ3) is 4.24. The molecule has 0 fully saturated rings. The van der Waals surface area contributed by atoms with Crippen LogP contribution in [0.1, 0.15) is 11.1 Å². The average molecular weight is 636 g/mol. The number of benzene rings is 7. The van der Waals surface area contributed by atoms with E-state index in [4.69, 9.17) is 6.57 Å². The fourth-order valence-corrected chi connectivity index (χ4v) is 7.51. The average Bonchev–Trinajstić information content (AvgIpc) is 3.70. The molecule has 5 heteroatoms. The lowest BCUT2D eigenvalue weighted by molar-refractivity contribution is 1.18. The second kappa shape index (κ2) is 11.4. The van der Waals surface area contributed by atoms with Crippen LogP contribution in [-0.4, -0.2) is 9.13 Å². The van der Waals surface area contributed by atoms with E-state index >= 15 is 0 Å². The normalized spacial score (nSPS) is 11.1. The molecule has 0 spiro atoms. The van der Waals surface area contributed by atoms with E-state index in [2.05, 4.69) is 86.8 Å². The minimum atomic E-state index is 0.551. The highest BCUT2D eigenvalue weighted by Gasteiger charge is 2.21. The highest BCUT2D eigenvalue weighted by atomic mass is 15.0. The zero-order valence-electron chi connectivity index (χ0n) is 26.7. The van der Waals surface area contributed by atoms with E-state index in [0.29, 0.717) is 16.8 Å². The summed E-state index contributed by atoms with van der Waals surface area (Å²) in [5.74, 6) is 0. The van der Waals surface area contributed by atoms with Crippen LogP contribution in [0.2, 0.25) is 0 Å². The first kappa shape index (κ1) is 28.8. The second-order valence-electron chi connectivity index (χ2n) is 12.2. The van der Waals surface area contributed by atoms with Crippen molar-refractivity contribution < 1.29 is 0 Å². The van der Waals surface area contributed by atoms with Gasteiger partial charge in [0, 0.05) is 32.8 Å². The van der Waals surface area contributed by atoms with Crippen molar-refractivity contribution in [3.8, 4) is 45.8 Å². The molecule has 2 aromatic heterocycles. The van der Waals surface area contributed by atoms with Crippen LogP contribution in [-0.2, 0) is 0 Å². The molecule has 0 atom stereocenters. The minimum Gasteiger partial charge on any atom is -0.309 e. The maximum Gasteiger partial charge on any atom is 0.195 e. The number of fused-ring (bicyclic) bond motifs is 6. The maximum atomic E-state index is 10.2. The fourth-order valence-electron chi connectivity index (χ4n) is 7.51. The van der Waals surface area contributed by atoms with Gasteiger partial charge < -0.3 is 9.13 Å². The molecule has 0 saturated carbocycles. The van der Waals surface area contributed by atoms with Crippen LogP contribution in [0, 0.1) is 29.2 Å². The van der Waals surface area contributed by atoms with Crippen LogP contribution in [0.4, 0.5) is 5.69 Å². The minimum absolute atomic E-state index is 0.551. The van der Waals surface area contributed by atoms with Gasteiger partial charge in [-0.2, -0.15) is 10.5 Å². The van der Waals surface area contributed by atoms with Crippen LogP contribution in [0.15, 0.2) is 152 Å². The zero-order chi connectivity index (χ0) is 33.8. The summed E-state index contributed by atoms with van der Waals surface area (Å²) in [7, 11) is 0. The summed E-state index contributed by atoms with van der Waals surface area (Å²) in [6.45, 7) is 8.20. The summed E-state index contributed by atoms with van der Waals surface area (Å²) in [5.41, 5.74) is 11.3. The van der Waals surface area contributed by atoms with Gasteiger partial charge in [-0.05, 0) is 71.3 Å². The molecule has 0 aliphatic heterocycles. The predicted octanol–water partition coefficient (Wildman–Crippen LogP) is 11.5. The van der Waals surface area contributed by atoms with Crippen molar-refractivity contribution in [1.82, 2.24) is 9.13 Å². The number of nitriles is 2. The van der Waals surface area contributed by atoms with E-state index in [0.717, 1.165) is 77.2 Å². The number of nitrogens with zero attached hydrogens (tertiary/aromatic N) is 5. The molecular weight excluding hydrogens is 611 g/mol. The van der Waals surface area contributed by atoms with Gasteiger partial charge in [-0.1, -0.05) is 97.1 Å². The third-order valence-electron chi connectivity index (χ3n) is 9.63. The Hall–Kier alpha value is -7.39. The van der Waals surface area contributed by atoms with Crippen LogP contribution in [0.25, 0.3) is 82.1 Å². The Balaban J connectivity index is 1.31. The predicted molar refractivity (Wildman–Crippen MR) is 202 cm³/mol. The Morgan fingerprint density at radius 2 is 1.10 bits per heavy atom. The van der Waals surface area contributed by atoms with Gasteiger partial charge in [0.15, 0.2) is 5.69 Å². The van der Waals surface area contributed by atoms with Crippen molar-refractivity contribution in [2.75, 3.05) is 0 Å². The molecule has 0 aliphatic carbocycles. The Kier molecular flexibility index (Phi) is 6.56. The lowest BCUT2D eigenvalue weighted by Gasteiger charge is -2.18. The number of hydrogen-bond donors (Lipinski definition) is 0. The molecule has 0 bridgehead atoms. The topological polar surface area (TPSA) is 61.8 Å². The van der Waals surface area contributed by atoms with E-state index in [9.17, 15) is 10.5 Å². The standard InChI is InChI=1S/C45H25N5/c1-48-40-23-22-31(49-41-18-7-6-16-36(41)39-25-29(27-46)21-24-44(39)49)26-38(40)33-13-3-2-12-32(33)34-14-4-8-19-42(34)50-43-20-9-5-15-35(43)37-17-10-11-30(28-47)45(37)50/h2-26H. The molecule has 9 rings (SSSR count). The molecule has 0 unspecified atom stereocenters. The first-order valence-corrected chi connectivity index (χ1v) is 16.3. The Morgan fingerprint density at radius 1 is 0.480 bits per heavy atom. The lowest BCUT2D eigenvalue weighted by atomic mass is 9.92. The van der Waals surface area contributed by atoms with Gasteiger partial charge in [0.25, 0.3) is 0 Å². The van der Waals surface area contributed by atoms with E-state index in [1.54, 1.807) is 0 Å². The van der Waals surface area contributed by atoms with Gasteiger partial charge in [0.05, 0.1) is 51.5 Å². The summed E-state index contributed by atoms with van der Waals surface area (Å²) in [6.07, 6.45) is 0. The number of aromatic nitrogens is 2. The maximum absolute atomic E-state index is 10.2. The van der Waals surface area contributed by atoms with Gasteiger partial charge >= 0.3 is 0 Å². The highest BCUT2D eigenvalue weighted by molar-refractivity contribution is 6.12. The molecule has 2 heterocycles. The Bertz CT molecular complexity index is 2970. The second-order valence-corrected chi connectivity index (χ2v) is 12.2. The molecule has 0 amide bonds. The van der Waals surface area contributed by atoms with E-state index in [1.165, 1.54) is 0 Å². The van der Waals surface area contributed by atoms with Crippen molar-refractivity contribution in [3.63, 3.8) is 0 Å². The summed E-state index contributed by atoms with van der Waals surface area (Å²) in [5, 5.41) is 24.0. The van der Waals surface area contributed by atoms with Crippen LogP contribution < -0.4 is 0 Å². The van der Waals surface area contributed by atoms with Crippen molar-refractivity contribution in [1.29, 1.82) is 10.5 Å². The first-order chi connectivity index (χ1) is 24.7. The van der Waals surface area contributed by atoms with Gasteiger partial charge in [0.2, 0.25) is 0 Å². The molecule has 0 saturated heterocycles. The number of para-hydroxylation sites is 4. The SMILES string of the molecule is [C-]#[N+]c1ccc(-n2c3ccccc3c3cc(C#N)ccc32)cc1-c1ccccc1-c1ccccc1-n1c2ccccc2c2cccc(C#N)c21. The van der Waals surface area contributed by atoms with Crippen LogP contribution in [0.3, 0.4) is 0 Å². The van der Waals surface area contributed by atoms with E-state index in [-0.39, 0.29) is 0 Å². The highest BCUT2D eigenvalue weighted by Crippen LogP contribution is 2.43. The Labute approximate surface area is 288 Å². The van der Waals surface area contributed by atoms with Crippen molar-refractivity contribution in [3.05, 3.63) is 174 Å². The quantitative estimate of drug-likeness (QED) is 0.181. The molecule has 9 aromatic rings. The number of rotatable bonds is 4. The van der Waals surface area contributed by atoms with Gasteiger partial charge in [-0.15, -0.1) is 0 Å². The monoisotopic (exact) mass is 635 g/mol. The van der Waals surface area contributed by atoms with Gasteiger partial charge in [-0.3, -0.25) is 0 Å². The summed E-state index contributed by atoms with van der Waals surface area (Å²) >= 11 is 0. The molecule has 5 nitrogen and oxygen atoms in total. The lowest BCUT2D eigenvalue weighted by Crippen LogP contribution is -1.99. The van der Waals surface area contributed by atoms with E-state index < -0.39 is 0 Å². The molecule has 0 aliphatic rings. The molecule has 0 N–H and O–H groups in total. The summed E-state index contributed by atoms with van der Waals surface area (Å²) in [6, 6.07) is 55.4. The van der Waals surface area contributed by atoms with Crippen molar-refractivity contribution >= 4 is 49.3 Å². The van der Waals surface area contributed by atoms with Gasteiger partial charge in [0.1, 0.15) is 6.07 Å². The zero-order valence-corrected chi connectivity index (χ0v) is 26.7. The van der Waals surface area contributed by atoms with Gasteiger partial charge in [-0.25, -0.2) is 4.85 Å². The fraction of sp³-hybridized carbons (Fsp3) is 0. The molecule has 50 heavy (non-hydrogen) atoms. The first-order valence-electron chi connectivity index (χ1n) is 16.3. The molecule has 0 radical (unpaired) electrons. The largest absolute Gasteiger partial charge is 0.309 e. The summed E-state index contributed by atoms with van der Waals surface area (Å²) in [4.78, 5) is 3.99. The molecule has 230 valence electrons. The molecular formula is C45H25N5. The summed E-state index contributed by atoms with van der Waals surface area (Å²) < 4.78 is 4.41. The Morgan fingerprint density at radius 3 is 1.84 bits per heavy atom. The van der Waals surface area contributed by atoms with Crippen molar-refractivity contribution in [2.45, 2.75) is 0 Å². The van der Waals surface area contributed by atoms with E-state index in [1.807, 2.05) is 91.0 Å². The van der Waals surface area contributed by atoms with Crippen molar-refractivity contribution in [2.24, 2.45) is 0 Å². The van der Waals surface area contributed by atoms with Crippen LogP contribution in [0.5, 0.6) is 0 Å².